The van der Waals surface area contributed by atoms with Gasteiger partial charge in [0.2, 0.25) is 0 Å². The van der Waals surface area contributed by atoms with Crippen LogP contribution in [0.25, 0.3) is 0 Å². The second-order valence-electron chi connectivity index (χ2n) is 8.37. The SMILES string of the molecule is O=C(NCC(c1ccco1)N1CCCCC1)c1ccccc1Sc1ccc(C(F)(F)F)cc1[N+](=O)[O-]. The van der Waals surface area contributed by atoms with Crippen LogP contribution >= 0.6 is 11.8 Å². The van der Waals surface area contributed by atoms with E-state index in [-0.39, 0.29) is 22.4 Å². The Morgan fingerprint density at radius 2 is 1.83 bits per heavy atom. The zero-order valence-electron chi connectivity index (χ0n) is 19.2. The lowest BCUT2D eigenvalue weighted by atomic mass is 10.1. The normalized spacial score (nSPS) is 15.4. The minimum Gasteiger partial charge on any atom is -0.468 e. The fraction of sp³-hybridized carbons (Fsp3) is 0.320. The Morgan fingerprint density at radius 1 is 1.08 bits per heavy atom. The van der Waals surface area contributed by atoms with Gasteiger partial charge in [0, 0.05) is 17.5 Å². The maximum absolute atomic E-state index is 13.2. The van der Waals surface area contributed by atoms with Crippen molar-refractivity contribution in [2.24, 2.45) is 0 Å². The van der Waals surface area contributed by atoms with Gasteiger partial charge in [0.25, 0.3) is 11.6 Å². The summed E-state index contributed by atoms with van der Waals surface area (Å²) in [4.78, 5) is 26.5. The first-order chi connectivity index (χ1) is 17.2. The average molecular weight is 520 g/mol. The van der Waals surface area contributed by atoms with E-state index in [1.165, 1.54) is 0 Å². The summed E-state index contributed by atoms with van der Waals surface area (Å²) in [5.74, 6) is 0.362. The third-order valence-corrected chi connectivity index (χ3v) is 7.13. The zero-order chi connectivity index (χ0) is 25.7. The van der Waals surface area contributed by atoms with Gasteiger partial charge in [-0.15, -0.1) is 0 Å². The molecule has 0 bridgehead atoms. The fourth-order valence-corrected chi connectivity index (χ4v) is 5.22. The van der Waals surface area contributed by atoms with Crippen LogP contribution in [0.15, 0.2) is 75.1 Å². The predicted molar refractivity (Wildman–Crippen MR) is 128 cm³/mol. The van der Waals surface area contributed by atoms with Crippen LogP contribution in [0.2, 0.25) is 0 Å². The van der Waals surface area contributed by atoms with Crippen LogP contribution in [-0.4, -0.2) is 35.4 Å². The molecule has 0 radical (unpaired) electrons. The van der Waals surface area contributed by atoms with Crippen molar-refractivity contribution in [2.75, 3.05) is 19.6 Å². The second kappa shape index (κ2) is 11.2. The molecule has 11 heteroatoms. The van der Waals surface area contributed by atoms with E-state index in [2.05, 4.69) is 10.2 Å². The molecule has 4 rings (SSSR count). The first-order valence-corrected chi connectivity index (χ1v) is 12.2. The molecule has 1 amide bonds. The second-order valence-corrected chi connectivity index (χ2v) is 9.46. The molecule has 1 fully saturated rings. The quantitative estimate of drug-likeness (QED) is 0.277. The third kappa shape index (κ3) is 6.08. The maximum atomic E-state index is 13.2. The van der Waals surface area contributed by atoms with E-state index in [1.807, 2.05) is 6.07 Å². The van der Waals surface area contributed by atoms with Gasteiger partial charge in [-0.05, 0) is 62.3 Å². The van der Waals surface area contributed by atoms with E-state index in [4.69, 9.17) is 4.42 Å². The number of furan rings is 1. The standard InChI is InChI=1S/C25H24F3N3O4S/c26-25(27,28)17-10-11-23(19(15-17)31(33)34)36-22-9-3-2-7-18(22)24(32)29-16-20(21-8-6-14-35-21)30-12-4-1-5-13-30/h2-3,6-11,14-15,20H,1,4-5,12-13,16H2,(H,29,32). The molecule has 190 valence electrons. The van der Waals surface area contributed by atoms with Crippen LogP contribution in [0.5, 0.6) is 0 Å². The number of benzene rings is 2. The van der Waals surface area contributed by atoms with Crippen molar-refractivity contribution in [3.63, 3.8) is 0 Å². The zero-order valence-corrected chi connectivity index (χ0v) is 20.0. The van der Waals surface area contributed by atoms with E-state index >= 15 is 0 Å². The van der Waals surface area contributed by atoms with Crippen LogP contribution in [0.3, 0.4) is 0 Å². The summed E-state index contributed by atoms with van der Waals surface area (Å²) >= 11 is 0.878. The Hall–Kier alpha value is -3.31. The molecule has 2 aromatic carbocycles. The van der Waals surface area contributed by atoms with Crippen molar-refractivity contribution in [3.8, 4) is 0 Å². The van der Waals surface area contributed by atoms with Gasteiger partial charge < -0.3 is 9.73 Å². The largest absolute Gasteiger partial charge is 0.468 e. The molecule has 1 atom stereocenters. The molecule has 0 spiro atoms. The van der Waals surface area contributed by atoms with Crippen LogP contribution in [0.4, 0.5) is 18.9 Å². The van der Waals surface area contributed by atoms with Crippen molar-refractivity contribution in [3.05, 3.63) is 87.9 Å². The smallest absolute Gasteiger partial charge is 0.416 e. The van der Waals surface area contributed by atoms with Crippen molar-refractivity contribution in [1.82, 2.24) is 10.2 Å². The Kier molecular flexibility index (Phi) is 8.00. The minimum atomic E-state index is -4.70. The molecule has 1 N–H and O–H groups in total. The summed E-state index contributed by atoms with van der Waals surface area (Å²) in [5, 5.41) is 14.4. The van der Waals surface area contributed by atoms with E-state index in [9.17, 15) is 28.1 Å². The summed E-state index contributed by atoms with van der Waals surface area (Å²) in [6.45, 7) is 2.09. The Labute approximate surface area is 209 Å². The third-order valence-electron chi connectivity index (χ3n) is 5.99. The lowest BCUT2D eigenvalue weighted by molar-refractivity contribution is -0.388. The van der Waals surface area contributed by atoms with E-state index in [0.717, 1.165) is 62.0 Å². The van der Waals surface area contributed by atoms with Crippen LogP contribution in [0.1, 0.15) is 47.0 Å². The van der Waals surface area contributed by atoms with E-state index < -0.39 is 22.4 Å². The summed E-state index contributed by atoms with van der Waals surface area (Å²) in [6, 6.07) is 12.4. The van der Waals surface area contributed by atoms with Gasteiger partial charge in [-0.2, -0.15) is 13.2 Å². The fourth-order valence-electron chi connectivity index (χ4n) is 4.19. The number of hydrogen-bond donors (Lipinski definition) is 1. The van der Waals surface area contributed by atoms with Gasteiger partial charge in [-0.1, -0.05) is 30.3 Å². The van der Waals surface area contributed by atoms with Gasteiger partial charge in [0.1, 0.15) is 5.76 Å². The highest BCUT2D eigenvalue weighted by molar-refractivity contribution is 7.99. The number of halogens is 3. The highest BCUT2D eigenvalue weighted by Gasteiger charge is 2.33. The number of amides is 1. The predicted octanol–water partition coefficient (Wildman–Crippen LogP) is 6.31. The van der Waals surface area contributed by atoms with Gasteiger partial charge in [0.05, 0.1) is 33.3 Å². The van der Waals surface area contributed by atoms with Crippen molar-refractivity contribution < 1.29 is 27.3 Å². The molecule has 7 nitrogen and oxygen atoms in total. The Morgan fingerprint density at radius 3 is 2.50 bits per heavy atom. The number of piperidine rings is 1. The summed E-state index contributed by atoms with van der Waals surface area (Å²) in [5.41, 5.74) is -1.51. The maximum Gasteiger partial charge on any atom is 0.416 e. The molecular formula is C25H24F3N3O4S. The number of nitro benzene ring substituents is 1. The molecule has 2 heterocycles. The minimum absolute atomic E-state index is 0.00929. The van der Waals surface area contributed by atoms with E-state index in [0.29, 0.717) is 17.5 Å². The van der Waals surface area contributed by atoms with Crippen LogP contribution in [0, 0.1) is 10.1 Å². The van der Waals surface area contributed by atoms with Crippen molar-refractivity contribution in [1.29, 1.82) is 0 Å². The van der Waals surface area contributed by atoms with Crippen molar-refractivity contribution >= 4 is 23.4 Å². The van der Waals surface area contributed by atoms with Gasteiger partial charge in [-0.3, -0.25) is 19.8 Å². The highest BCUT2D eigenvalue weighted by atomic mass is 32.2. The summed E-state index contributed by atoms with van der Waals surface area (Å²) in [7, 11) is 0. The first-order valence-electron chi connectivity index (χ1n) is 11.4. The number of carbonyl (C=O) groups excluding carboxylic acids is 1. The molecule has 1 unspecified atom stereocenters. The topological polar surface area (TPSA) is 88.6 Å². The number of nitro groups is 1. The molecule has 1 aliphatic heterocycles. The van der Waals surface area contributed by atoms with Gasteiger partial charge in [-0.25, -0.2) is 0 Å². The van der Waals surface area contributed by atoms with Gasteiger partial charge in [0.15, 0.2) is 0 Å². The number of likely N-dealkylation sites (tertiary alicyclic amines) is 1. The average Bonchev–Trinajstić information content (AvgIpc) is 3.39. The highest BCUT2D eigenvalue weighted by Crippen LogP contribution is 2.40. The lowest BCUT2D eigenvalue weighted by Gasteiger charge is -2.33. The lowest BCUT2D eigenvalue weighted by Crippen LogP contribution is -2.40. The van der Waals surface area contributed by atoms with E-state index in [1.54, 1.807) is 36.6 Å². The first kappa shape index (κ1) is 25.8. The summed E-state index contributed by atoms with van der Waals surface area (Å²) < 4.78 is 44.8. The number of rotatable bonds is 8. The Bertz CT molecular complexity index is 1210. The number of carbonyl (C=O) groups is 1. The molecule has 3 aromatic rings. The molecule has 36 heavy (non-hydrogen) atoms. The van der Waals surface area contributed by atoms with Crippen LogP contribution < -0.4 is 5.32 Å². The molecular weight excluding hydrogens is 495 g/mol. The molecule has 1 aliphatic rings. The number of nitrogens with zero attached hydrogens (tertiary/aromatic N) is 2. The molecule has 0 aliphatic carbocycles. The number of nitrogens with one attached hydrogen (secondary N) is 1. The molecule has 0 saturated carbocycles. The van der Waals surface area contributed by atoms with Crippen molar-refractivity contribution in [2.45, 2.75) is 41.3 Å². The summed E-state index contributed by atoms with van der Waals surface area (Å²) in [6.07, 6.45) is 0.184. The molecule has 1 saturated heterocycles. The van der Waals surface area contributed by atoms with Gasteiger partial charge >= 0.3 is 6.18 Å². The monoisotopic (exact) mass is 519 g/mol. The number of alkyl halides is 3. The number of hydrogen-bond acceptors (Lipinski definition) is 6. The molecule has 1 aromatic heterocycles. The Balaban J connectivity index is 1.54. The van der Waals surface area contributed by atoms with Crippen LogP contribution in [-0.2, 0) is 6.18 Å².